The first-order chi connectivity index (χ1) is 11.4. The summed E-state index contributed by atoms with van der Waals surface area (Å²) in [6, 6.07) is 4.31. The van der Waals surface area contributed by atoms with Gasteiger partial charge in [0.15, 0.2) is 11.9 Å². The Kier molecular flexibility index (Phi) is 5.68. The van der Waals surface area contributed by atoms with E-state index in [1.165, 1.54) is 0 Å². The molecule has 1 atom stereocenters. The smallest absolute Gasteiger partial charge is 0.330 e. The number of aryl methyl sites for hydroxylation is 4. The molecule has 1 aromatic carbocycles. The fourth-order valence-electron chi connectivity index (χ4n) is 2.31. The third-order valence-electron chi connectivity index (χ3n) is 3.78. The van der Waals surface area contributed by atoms with E-state index in [2.05, 4.69) is 15.5 Å². The fraction of sp³-hybridized carbons (Fsp3) is 0.412. The van der Waals surface area contributed by atoms with Gasteiger partial charge in [-0.15, -0.1) is 0 Å². The maximum absolute atomic E-state index is 12.0. The van der Waals surface area contributed by atoms with Crippen LogP contribution < -0.4 is 5.32 Å². The highest BCUT2D eigenvalue weighted by Crippen LogP contribution is 2.18. The van der Waals surface area contributed by atoms with Gasteiger partial charge in [-0.05, 0) is 43.9 Å². The highest BCUT2D eigenvalue weighted by Gasteiger charge is 2.22. The molecular weight excluding hydrogens is 310 g/mol. The van der Waals surface area contributed by atoms with Gasteiger partial charge in [0.1, 0.15) is 0 Å². The molecule has 0 aliphatic carbocycles. The van der Waals surface area contributed by atoms with Crippen molar-refractivity contribution in [2.45, 2.75) is 46.1 Å². The third-order valence-corrected chi connectivity index (χ3v) is 3.78. The minimum absolute atomic E-state index is 0.191. The summed E-state index contributed by atoms with van der Waals surface area (Å²) in [4.78, 5) is 27.6. The topological polar surface area (TPSA) is 105 Å². The molecule has 2 aromatic rings. The van der Waals surface area contributed by atoms with Gasteiger partial charge in [0.05, 0.1) is 0 Å². The molecule has 1 amide bonds. The van der Waals surface area contributed by atoms with Gasteiger partial charge in [-0.25, -0.2) is 4.79 Å². The quantitative estimate of drug-likeness (QED) is 0.806. The average Bonchev–Trinajstić information content (AvgIpc) is 2.93. The number of carbonyl (C=O) groups is 2. The number of rotatable bonds is 7. The highest BCUT2D eigenvalue weighted by molar-refractivity contribution is 5.84. The van der Waals surface area contributed by atoms with Crippen LogP contribution in [0.2, 0.25) is 0 Å². The fourth-order valence-corrected chi connectivity index (χ4v) is 2.31. The molecule has 24 heavy (non-hydrogen) atoms. The molecule has 1 aromatic heterocycles. The summed E-state index contributed by atoms with van der Waals surface area (Å²) in [5, 5.41) is 15.6. The van der Waals surface area contributed by atoms with Crippen LogP contribution in [-0.4, -0.2) is 27.1 Å². The molecule has 2 rings (SSSR count). The molecule has 0 aliphatic rings. The predicted molar refractivity (Wildman–Crippen MR) is 86.4 cm³/mol. The molecule has 1 unspecified atom stereocenters. The Labute approximate surface area is 140 Å². The summed E-state index contributed by atoms with van der Waals surface area (Å²) >= 11 is 0. The van der Waals surface area contributed by atoms with Crippen LogP contribution in [0.5, 0.6) is 0 Å². The number of nitrogens with one attached hydrogen (secondary N) is 1. The van der Waals surface area contributed by atoms with E-state index in [0.29, 0.717) is 30.1 Å². The number of hydrogen-bond acceptors (Lipinski definition) is 5. The van der Waals surface area contributed by atoms with Crippen molar-refractivity contribution in [3.63, 3.8) is 0 Å². The maximum Gasteiger partial charge on any atom is 0.330 e. The number of aliphatic carboxylic acids is 1. The van der Waals surface area contributed by atoms with Crippen molar-refractivity contribution >= 4 is 11.9 Å². The van der Waals surface area contributed by atoms with Gasteiger partial charge in [-0.2, -0.15) is 4.98 Å². The van der Waals surface area contributed by atoms with Gasteiger partial charge >= 0.3 is 5.97 Å². The highest BCUT2D eigenvalue weighted by atomic mass is 16.5. The van der Waals surface area contributed by atoms with E-state index in [1.54, 1.807) is 19.1 Å². The molecule has 0 spiro atoms. The molecule has 0 aliphatic heterocycles. The van der Waals surface area contributed by atoms with E-state index >= 15 is 0 Å². The SMILES string of the molecule is Cc1noc(CCCC(=O)NC(C(=O)O)c2ccc(C)c(C)c2)n1. The van der Waals surface area contributed by atoms with Crippen molar-refractivity contribution < 1.29 is 19.2 Å². The first-order valence-corrected chi connectivity index (χ1v) is 7.75. The Bertz CT molecular complexity index is 739. The van der Waals surface area contributed by atoms with E-state index < -0.39 is 12.0 Å². The van der Waals surface area contributed by atoms with Crippen LogP contribution in [0.25, 0.3) is 0 Å². The van der Waals surface area contributed by atoms with E-state index in [4.69, 9.17) is 4.52 Å². The largest absolute Gasteiger partial charge is 0.479 e. The number of hydrogen-bond donors (Lipinski definition) is 2. The van der Waals surface area contributed by atoms with Crippen molar-refractivity contribution in [2.75, 3.05) is 0 Å². The van der Waals surface area contributed by atoms with E-state index in [9.17, 15) is 14.7 Å². The van der Waals surface area contributed by atoms with Gasteiger partial charge in [0.25, 0.3) is 0 Å². The van der Waals surface area contributed by atoms with Crippen LogP contribution in [0, 0.1) is 20.8 Å². The summed E-state index contributed by atoms with van der Waals surface area (Å²) in [6.45, 7) is 5.58. The molecule has 128 valence electrons. The second-order valence-corrected chi connectivity index (χ2v) is 5.77. The van der Waals surface area contributed by atoms with E-state index in [0.717, 1.165) is 11.1 Å². The van der Waals surface area contributed by atoms with Crippen molar-refractivity contribution in [3.05, 3.63) is 46.6 Å². The summed E-state index contributed by atoms with van der Waals surface area (Å²) in [5.74, 6) is -0.379. The average molecular weight is 331 g/mol. The number of benzene rings is 1. The standard InChI is InChI=1S/C17H21N3O4/c1-10-7-8-13(9-11(10)2)16(17(22)23)19-14(21)5-4-6-15-18-12(3)20-24-15/h7-9,16H,4-6H2,1-3H3,(H,19,21)(H,22,23). The second-order valence-electron chi connectivity index (χ2n) is 5.77. The number of aromatic nitrogens is 2. The molecule has 0 bridgehead atoms. The monoisotopic (exact) mass is 331 g/mol. The number of carboxylic acid groups (broad SMARTS) is 1. The lowest BCUT2D eigenvalue weighted by molar-refractivity contribution is -0.142. The molecule has 0 fully saturated rings. The van der Waals surface area contributed by atoms with Crippen molar-refractivity contribution in [1.29, 1.82) is 0 Å². The maximum atomic E-state index is 12.0. The number of carbonyl (C=O) groups excluding carboxylic acids is 1. The molecule has 0 radical (unpaired) electrons. The van der Waals surface area contributed by atoms with Crippen LogP contribution in [0.1, 0.15) is 47.3 Å². The second kappa shape index (κ2) is 7.72. The zero-order valence-corrected chi connectivity index (χ0v) is 14.0. The lowest BCUT2D eigenvalue weighted by atomic mass is 10.0. The zero-order valence-electron chi connectivity index (χ0n) is 14.0. The summed E-state index contributed by atoms with van der Waals surface area (Å²) < 4.78 is 4.97. The van der Waals surface area contributed by atoms with Crippen LogP contribution in [0.3, 0.4) is 0 Å². The predicted octanol–water partition coefficient (Wildman–Crippen LogP) is 2.26. The lowest BCUT2D eigenvalue weighted by Gasteiger charge is -2.16. The summed E-state index contributed by atoms with van der Waals surface area (Å²) in [7, 11) is 0. The molecular formula is C17H21N3O4. The molecule has 7 heteroatoms. The molecule has 0 saturated carbocycles. The van der Waals surface area contributed by atoms with Crippen LogP contribution >= 0.6 is 0 Å². The van der Waals surface area contributed by atoms with Crippen LogP contribution in [0.15, 0.2) is 22.7 Å². The van der Waals surface area contributed by atoms with E-state index in [-0.39, 0.29) is 12.3 Å². The number of amides is 1. The van der Waals surface area contributed by atoms with Crippen molar-refractivity contribution in [3.8, 4) is 0 Å². The van der Waals surface area contributed by atoms with Gasteiger partial charge in [-0.3, -0.25) is 4.79 Å². The van der Waals surface area contributed by atoms with Gasteiger partial charge in [0.2, 0.25) is 11.8 Å². The van der Waals surface area contributed by atoms with Crippen LogP contribution in [-0.2, 0) is 16.0 Å². The summed E-state index contributed by atoms with van der Waals surface area (Å²) in [5.41, 5.74) is 2.62. The first-order valence-electron chi connectivity index (χ1n) is 7.75. The Balaban J connectivity index is 1.93. The minimum atomic E-state index is -1.08. The normalized spacial score (nSPS) is 12.0. The minimum Gasteiger partial charge on any atom is -0.479 e. The third kappa shape index (κ3) is 4.65. The van der Waals surface area contributed by atoms with Gasteiger partial charge < -0.3 is 14.9 Å². The Morgan fingerprint density at radius 1 is 1.25 bits per heavy atom. The summed E-state index contributed by atoms with van der Waals surface area (Å²) in [6.07, 6.45) is 1.18. The number of nitrogens with zero attached hydrogens (tertiary/aromatic N) is 2. The zero-order chi connectivity index (χ0) is 17.7. The van der Waals surface area contributed by atoms with Gasteiger partial charge in [-0.1, -0.05) is 23.4 Å². The van der Waals surface area contributed by atoms with Crippen LogP contribution in [0.4, 0.5) is 0 Å². The molecule has 0 saturated heterocycles. The number of carboxylic acids is 1. The molecule has 1 heterocycles. The van der Waals surface area contributed by atoms with E-state index in [1.807, 2.05) is 19.9 Å². The molecule has 2 N–H and O–H groups in total. The Morgan fingerprint density at radius 2 is 2.00 bits per heavy atom. The first kappa shape index (κ1) is 17.7. The lowest BCUT2D eigenvalue weighted by Crippen LogP contribution is -2.33. The van der Waals surface area contributed by atoms with Crippen molar-refractivity contribution in [2.24, 2.45) is 0 Å². The van der Waals surface area contributed by atoms with Crippen molar-refractivity contribution in [1.82, 2.24) is 15.5 Å². The van der Waals surface area contributed by atoms with Gasteiger partial charge in [0, 0.05) is 12.8 Å². The Morgan fingerprint density at radius 3 is 2.58 bits per heavy atom. The molecule has 7 nitrogen and oxygen atoms in total. The Hall–Kier alpha value is -2.70.